The highest BCUT2D eigenvalue weighted by molar-refractivity contribution is 5.77. The van der Waals surface area contributed by atoms with Gasteiger partial charge in [0.2, 0.25) is 0 Å². The van der Waals surface area contributed by atoms with Crippen molar-refractivity contribution in [3.63, 3.8) is 0 Å². The number of rotatable bonds is 3. The van der Waals surface area contributed by atoms with Crippen LogP contribution in [0.25, 0.3) is 0 Å². The summed E-state index contributed by atoms with van der Waals surface area (Å²) in [6, 6.07) is 0. The van der Waals surface area contributed by atoms with E-state index in [2.05, 4.69) is 23.7 Å². The van der Waals surface area contributed by atoms with Gasteiger partial charge >= 0.3 is 0 Å². The van der Waals surface area contributed by atoms with Gasteiger partial charge in [-0.25, -0.2) is 0 Å². The van der Waals surface area contributed by atoms with E-state index in [1.54, 1.807) is 0 Å². The molecule has 1 rings (SSSR count). The number of guanidine groups is 1. The van der Waals surface area contributed by atoms with Crippen molar-refractivity contribution in [2.45, 2.75) is 19.4 Å². The molecule has 1 saturated heterocycles. The van der Waals surface area contributed by atoms with Crippen LogP contribution in [0, 0.1) is 0 Å². The highest BCUT2D eigenvalue weighted by Crippen LogP contribution is 2.16. The second kappa shape index (κ2) is 5.50. The monoisotopic (exact) mass is 228 g/mol. The van der Waals surface area contributed by atoms with E-state index in [4.69, 9.17) is 10.5 Å². The standard InChI is InChI=1S/C11H24N4O/c1-11(2,9-13-10(12)14(3)4)15-5-7-16-8-6-15/h5-9H2,1-4H3,(H2,12,13). The molecule has 1 aliphatic heterocycles. The Balaban J connectivity index is 2.53. The summed E-state index contributed by atoms with van der Waals surface area (Å²) in [7, 11) is 3.81. The van der Waals surface area contributed by atoms with E-state index in [-0.39, 0.29) is 5.54 Å². The molecule has 0 radical (unpaired) electrons. The van der Waals surface area contributed by atoms with Crippen molar-refractivity contribution < 1.29 is 4.74 Å². The zero-order chi connectivity index (χ0) is 12.2. The molecule has 94 valence electrons. The Morgan fingerprint density at radius 1 is 1.38 bits per heavy atom. The Hall–Kier alpha value is -0.810. The van der Waals surface area contributed by atoms with E-state index in [9.17, 15) is 0 Å². The van der Waals surface area contributed by atoms with Gasteiger partial charge in [-0.1, -0.05) is 0 Å². The van der Waals surface area contributed by atoms with E-state index in [0.717, 1.165) is 32.8 Å². The Labute approximate surface area is 98.3 Å². The highest BCUT2D eigenvalue weighted by atomic mass is 16.5. The van der Waals surface area contributed by atoms with Crippen molar-refractivity contribution >= 4 is 5.96 Å². The van der Waals surface area contributed by atoms with Crippen molar-refractivity contribution in [1.29, 1.82) is 0 Å². The Bertz CT molecular complexity index is 244. The molecule has 5 nitrogen and oxygen atoms in total. The molecule has 1 heterocycles. The lowest BCUT2D eigenvalue weighted by molar-refractivity contribution is -0.00686. The Morgan fingerprint density at radius 2 is 1.94 bits per heavy atom. The second-order valence-electron chi connectivity index (χ2n) is 4.98. The van der Waals surface area contributed by atoms with Crippen molar-refractivity contribution in [1.82, 2.24) is 9.80 Å². The maximum atomic E-state index is 5.79. The van der Waals surface area contributed by atoms with Gasteiger partial charge in [-0.2, -0.15) is 0 Å². The minimum absolute atomic E-state index is 0.0460. The first-order valence-electron chi connectivity index (χ1n) is 5.73. The van der Waals surface area contributed by atoms with Gasteiger partial charge in [-0.15, -0.1) is 0 Å². The quantitative estimate of drug-likeness (QED) is 0.544. The van der Waals surface area contributed by atoms with E-state index >= 15 is 0 Å². The van der Waals surface area contributed by atoms with E-state index < -0.39 is 0 Å². The molecular formula is C11H24N4O. The SMILES string of the molecule is CN(C)C(N)=NCC(C)(C)N1CCOCC1. The van der Waals surface area contributed by atoms with Gasteiger partial charge in [-0.3, -0.25) is 9.89 Å². The summed E-state index contributed by atoms with van der Waals surface area (Å²) in [5, 5.41) is 0. The van der Waals surface area contributed by atoms with Crippen molar-refractivity contribution in [3.8, 4) is 0 Å². The summed E-state index contributed by atoms with van der Waals surface area (Å²) in [6.45, 7) is 8.70. The average molecular weight is 228 g/mol. The lowest BCUT2D eigenvalue weighted by Crippen LogP contribution is -2.52. The number of hydrogen-bond donors (Lipinski definition) is 1. The average Bonchev–Trinajstić information content (AvgIpc) is 2.27. The third-order valence-corrected chi connectivity index (χ3v) is 2.95. The Morgan fingerprint density at radius 3 is 2.44 bits per heavy atom. The summed E-state index contributed by atoms with van der Waals surface area (Å²) in [5.41, 5.74) is 5.83. The molecule has 0 unspecified atom stereocenters. The number of hydrogen-bond acceptors (Lipinski definition) is 3. The van der Waals surface area contributed by atoms with Crippen molar-refractivity contribution in [2.24, 2.45) is 10.7 Å². The largest absolute Gasteiger partial charge is 0.379 e. The van der Waals surface area contributed by atoms with Crippen LogP contribution in [-0.4, -0.2) is 68.2 Å². The normalized spacial score (nSPS) is 19.9. The summed E-state index contributed by atoms with van der Waals surface area (Å²) in [6.07, 6.45) is 0. The number of aliphatic imine (C=N–C) groups is 1. The van der Waals surface area contributed by atoms with Crippen LogP contribution in [0.4, 0.5) is 0 Å². The van der Waals surface area contributed by atoms with E-state index in [1.165, 1.54) is 0 Å². The van der Waals surface area contributed by atoms with Gasteiger partial charge < -0.3 is 15.4 Å². The summed E-state index contributed by atoms with van der Waals surface area (Å²) in [5.74, 6) is 0.585. The molecule has 0 spiro atoms. The molecule has 1 aliphatic rings. The van der Waals surface area contributed by atoms with Crippen LogP contribution in [0.3, 0.4) is 0 Å². The van der Waals surface area contributed by atoms with Gasteiger partial charge in [-0.05, 0) is 13.8 Å². The molecule has 0 atom stereocenters. The molecule has 0 saturated carbocycles. The maximum absolute atomic E-state index is 5.79. The van der Waals surface area contributed by atoms with E-state index in [0.29, 0.717) is 5.96 Å². The molecule has 0 bridgehead atoms. The summed E-state index contributed by atoms with van der Waals surface area (Å²) in [4.78, 5) is 8.64. The van der Waals surface area contributed by atoms with Crippen LogP contribution in [0.15, 0.2) is 4.99 Å². The molecule has 0 aromatic carbocycles. The smallest absolute Gasteiger partial charge is 0.190 e. The van der Waals surface area contributed by atoms with Crippen molar-refractivity contribution in [3.05, 3.63) is 0 Å². The maximum Gasteiger partial charge on any atom is 0.190 e. The van der Waals surface area contributed by atoms with Gasteiger partial charge in [0.1, 0.15) is 0 Å². The lowest BCUT2D eigenvalue weighted by Gasteiger charge is -2.39. The van der Waals surface area contributed by atoms with Crippen molar-refractivity contribution in [2.75, 3.05) is 46.9 Å². The fourth-order valence-corrected chi connectivity index (χ4v) is 1.68. The fraction of sp³-hybridized carbons (Fsp3) is 0.909. The number of morpholine rings is 1. The van der Waals surface area contributed by atoms with Crippen LogP contribution in [0.5, 0.6) is 0 Å². The second-order valence-corrected chi connectivity index (χ2v) is 4.98. The van der Waals surface area contributed by atoms with Crippen LogP contribution in [-0.2, 0) is 4.74 Å². The predicted octanol–water partition coefficient (Wildman–Crippen LogP) is -0.0265. The van der Waals surface area contributed by atoms with Gasteiger partial charge in [0, 0.05) is 32.7 Å². The molecule has 1 fully saturated rings. The van der Waals surface area contributed by atoms with Gasteiger partial charge in [0.15, 0.2) is 5.96 Å². The van der Waals surface area contributed by atoms with Gasteiger partial charge in [0.25, 0.3) is 0 Å². The number of nitrogens with zero attached hydrogens (tertiary/aromatic N) is 3. The molecular weight excluding hydrogens is 204 g/mol. The Kier molecular flexibility index (Phi) is 4.56. The summed E-state index contributed by atoms with van der Waals surface area (Å²) >= 11 is 0. The molecule has 0 amide bonds. The highest BCUT2D eigenvalue weighted by Gasteiger charge is 2.27. The molecule has 2 N–H and O–H groups in total. The molecule has 0 aliphatic carbocycles. The third-order valence-electron chi connectivity index (χ3n) is 2.95. The fourth-order valence-electron chi connectivity index (χ4n) is 1.68. The lowest BCUT2D eigenvalue weighted by atomic mass is 10.0. The predicted molar refractivity (Wildman–Crippen MR) is 66.6 cm³/mol. The first kappa shape index (κ1) is 13.3. The van der Waals surface area contributed by atoms with Crippen LogP contribution >= 0.6 is 0 Å². The topological polar surface area (TPSA) is 54.1 Å². The first-order chi connectivity index (χ1) is 7.43. The van der Waals surface area contributed by atoms with Gasteiger partial charge in [0.05, 0.1) is 19.8 Å². The molecule has 0 aromatic heterocycles. The minimum atomic E-state index is 0.0460. The molecule has 16 heavy (non-hydrogen) atoms. The van der Waals surface area contributed by atoms with Crippen LogP contribution in [0.1, 0.15) is 13.8 Å². The number of ether oxygens (including phenoxy) is 1. The third kappa shape index (κ3) is 3.64. The zero-order valence-corrected chi connectivity index (χ0v) is 10.9. The molecule has 5 heteroatoms. The number of nitrogens with two attached hydrogens (primary N) is 1. The van der Waals surface area contributed by atoms with Crippen LogP contribution in [0.2, 0.25) is 0 Å². The van der Waals surface area contributed by atoms with Crippen LogP contribution < -0.4 is 5.73 Å². The van der Waals surface area contributed by atoms with E-state index in [1.807, 2.05) is 19.0 Å². The first-order valence-corrected chi connectivity index (χ1v) is 5.73. The minimum Gasteiger partial charge on any atom is -0.379 e. The molecule has 0 aromatic rings. The zero-order valence-electron chi connectivity index (χ0n) is 10.9. The summed E-state index contributed by atoms with van der Waals surface area (Å²) < 4.78 is 5.35.